The van der Waals surface area contributed by atoms with Crippen LogP contribution >= 0.6 is 11.6 Å². The lowest BCUT2D eigenvalue weighted by Crippen LogP contribution is -2.27. The van der Waals surface area contributed by atoms with Crippen molar-refractivity contribution in [2.45, 2.75) is 31.3 Å². The van der Waals surface area contributed by atoms with Crippen molar-refractivity contribution in [2.24, 2.45) is 0 Å². The Morgan fingerprint density at radius 2 is 1.72 bits per heavy atom. The standard InChI is InChI=1S/C28H26ClFN2O6S.CF2O/c1-17(2)27-22(26(31-38-27)21-10-5-6-11-24(21)30)16-37-19-12-13-25(23(29)15-19)32(3)39(34,35)20-9-7-8-18(14-20)28(33)36-4;2-1(3)4/h5-15,17H,16H2,1-4H3;. The first kappa shape index (κ1) is 33.1. The fourth-order valence-electron chi connectivity index (χ4n) is 3.96. The van der Waals surface area contributed by atoms with Crippen molar-refractivity contribution in [3.8, 4) is 17.0 Å². The van der Waals surface area contributed by atoms with Gasteiger partial charge in [0, 0.05) is 24.6 Å². The van der Waals surface area contributed by atoms with Crippen LogP contribution in [0.2, 0.25) is 5.02 Å². The van der Waals surface area contributed by atoms with Gasteiger partial charge in [-0.3, -0.25) is 4.31 Å². The lowest BCUT2D eigenvalue weighted by Gasteiger charge is -2.21. The highest BCUT2D eigenvalue weighted by molar-refractivity contribution is 7.92. The minimum atomic E-state index is -4.05. The summed E-state index contributed by atoms with van der Waals surface area (Å²) in [4.78, 5) is 19.9. The minimum Gasteiger partial charge on any atom is -0.489 e. The number of hydrogen-bond acceptors (Lipinski definition) is 8. The van der Waals surface area contributed by atoms with Crippen molar-refractivity contribution in [1.29, 1.82) is 0 Å². The SMILES string of the molecule is COC(=O)c1cccc(S(=O)(=O)N(C)c2ccc(OCc3c(-c4ccccc4F)noc3C(C)C)cc2Cl)c1.O=C(F)F. The zero-order valence-electron chi connectivity index (χ0n) is 23.3. The number of anilines is 1. The maximum Gasteiger partial charge on any atom is 0.483 e. The van der Waals surface area contributed by atoms with Crippen LogP contribution in [-0.4, -0.2) is 40.0 Å². The third-order valence-corrected chi connectivity index (χ3v) is 8.10. The van der Waals surface area contributed by atoms with Gasteiger partial charge in [0.25, 0.3) is 10.0 Å². The molecule has 0 radical (unpaired) electrons. The molecule has 0 aliphatic heterocycles. The zero-order valence-corrected chi connectivity index (χ0v) is 24.9. The predicted octanol–water partition coefficient (Wildman–Crippen LogP) is 7.49. The van der Waals surface area contributed by atoms with E-state index in [2.05, 4.69) is 9.89 Å². The fourth-order valence-corrected chi connectivity index (χ4v) is 5.57. The van der Waals surface area contributed by atoms with Crippen molar-refractivity contribution in [1.82, 2.24) is 5.16 Å². The molecule has 1 aromatic heterocycles. The Bertz CT molecular complexity index is 1720. The molecule has 0 aliphatic rings. The zero-order chi connectivity index (χ0) is 31.9. The average molecular weight is 639 g/mol. The Kier molecular flexibility index (Phi) is 11.0. The lowest BCUT2D eigenvalue weighted by molar-refractivity contribution is 0.0600. The van der Waals surface area contributed by atoms with Crippen LogP contribution in [-0.2, 0) is 21.4 Å². The number of esters is 1. The molecule has 0 saturated carbocycles. The summed E-state index contributed by atoms with van der Waals surface area (Å²) in [5, 5.41) is 4.21. The largest absolute Gasteiger partial charge is 0.489 e. The maximum atomic E-state index is 14.5. The van der Waals surface area contributed by atoms with Crippen LogP contribution in [0.5, 0.6) is 5.75 Å². The Morgan fingerprint density at radius 3 is 2.33 bits per heavy atom. The number of halogens is 4. The van der Waals surface area contributed by atoms with E-state index in [1.54, 1.807) is 24.3 Å². The first-order valence-corrected chi connectivity index (χ1v) is 14.3. The summed E-state index contributed by atoms with van der Waals surface area (Å²) in [5.41, 5.74) is 1.54. The summed E-state index contributed by atoms with van der Waals surface area (Å²) in [6.45, 7) is 3.88. The third-order valence-electron chi connectivity index (χ3n) is 6.03. The highest BCUT2D eigenvalue weighted by Gasteiger charge is 2.25. The number of hydrogen-bond donors (Lipinski definition) is 0. The number of methoxy groups -OCH3 is 1. The van der Waals surface area contributed by atoms with E-state index in [1.165, 1.54) is 56.6 Å². The molecule has 0 spiro atoms. The van der Waals surface area contributed by atoms with E-state index in [-0.39, 0.29) is 33.7 Å². The van der Waals surface area contributed by atoms with Gasteiger partial charge in [-0.25, -0.2) is 22.4 Å². The molecular weight excluding hydrogens is 613 g/mol. The van der Waals surface area contributed by atoms with Gasteiger partial charge in [0.2, 0.25) is 0 Å². The highest BCUT2D eigenvalue weighted by atomic mass is 35.5. The van der Waals surface area contributed by atoms with E-state index in [1.807, 2.05) is 13.8 Å². The second-order valence-corrected chi connectivity index (χ2v) is 11.5. The Balaban J connectivity index is 0.00000119. The van der Waals surface area contributed by atoms with Crippen LogP contribution in [0.1, 0.15) is 41.4 Å². The molecule has 1 heterocycles. The van der Waals surface area contributed by atoms with Crippen LogP contribution in [0.4, 0.5) is 23.7 Å². The van der Waals surface area contributed by atoms with Gasteiger partial charge in [0.05, 0.1) is 33.8 Å². The Morgan fingerprint density at radius 1 is 1.05 bits per heavy atom. The van der Waals surface area contributed by atoms with Gasteiger partial charge in [-0.2, -0.15) is 0 Å². The smallest absolute Gasteiger partial charge is 0.483 e. The van der Waals surface area contributed by atoms with Gasteiger partial charge in [0.15, 0.2) is 0 Å². The van der Waals surface area contributed by atoms with Crippen LogP contribution in [0.15, 0.2) is 76.1 Å². The molecule has 0 N–H and O–H groups in total. The topological polar surface area (TPSA) is 116 Å². The molecule has 3 aromatic carbocycles. The summed E-state index contributed by atoms with van der Waals surface area (Å²) >= 11 is 6.47. The summed E-state index contributed by atoms with van der Waals surface area (Å²) in [7, 11) is -1.48. The first-order valence-electron chi connectivity index (χ1n) is 12.5. The van der Waals surface area contributed by atoms with E-state index >= 15 is 0 Å². The van der Waals surface area contributed by atoms with Crippen LogP contribution in [0.25, 0.3) is 11.3 Å². The van der Waals surface area contributed by atoms with Gasteiger partial charge in [0.1, 0.15) is 29.6 Å². The summed E-state index contributed by atoms with van der Waals surface area (Å²) in [6.07, 6.45) is -2.83. The number of ether oxygens (including phenoxy) is 2. The van der Waals surface area contributed by atoms with Gasteiger partial charge < -0.3 is 14.0 Å². The van der Waals surface area contributed by atoms with Crippen LogP contribution in [0, 0.1) is 5.82 Å². The van der Waals surface area contributed by atoms with E-state index in [0.717, 1.165) is 4.31 Å². The van der Waals surface area contributed by atoms with Crippen LogP contribution < -0.4 is 9.04 Å². The molecule has 0 amide bonds. The van der Waals surface area contributed by atoms with Crippen molar-refractivity contribution >= 4 is 39.6 Å². The average Bonchev–Trinajstić information content (AvgIpc) is 3.39. The van der Waals surface area contributed by atoms with Crippen molar-refractivity contribution in [3.05, 3.63) is 94.5 Å². The van der Waals surface area contributed by atoms with Crippen LogP contribution in [0.3, 0.4) is 0 Å². The molecule has 0 bridgehead atoms. The number of nitrogens with zero attached hydrogens (tertiary/aromatic N) is 2. The normalized spacial score (nSPS) is 11.0. The molecule has 0 saturated heterocycles. The molecule has 0 unspecified atom stereocenters. The van der Waals surface area contributed by atoms with Gasteiger partial charge in [-0.15, -0.1) is 8.78 Å². The highest BCUT2D eigenvalue weighted by Crippen LogP contribution is 2.35. The Hall–Kier alpha value is -4.36. The lowest BCUT2D eigenvalue weighted by atomic mass is 10.0. The summed E-state index contributed by atoms with van der Waals surface area (Å²) in [5.74, 6) is -0.190. The Labute approximate surface area is 250 Å². The quantitative estimate of drug-likeness (QED) is 0.137. The number of aromatic nitrogens is 1. The van der Waals surface area contributed by atoms with Crippen molar-refractivity contribution in [3.63, 3.8) is 0 Å². The minimum absolute atomic E-state index is 0.0187. The molecule has 9 nitrogen and oxygen atoms in total. The summed E-state index contributed by atoms with van der Waals surface area (Å²) < 4.78 is 77.5. The molecule has 0 atom stereocenters. The molecule has 4 aromatic rings. The first-order chi connectivity index (χ1) is 20.3. The predicted molar refractivity (Wildman–Crippen MR) is 153 cm³/mol. The molecule has 14 heteroatoms. The number of carbonyl (C=O) groups is 2. The van der Waals surface area contributed by atoms with Crippen molar-refractivity contribution < 1.29 is 45.2 Å². The second-order valence-electron chi connectivity index (χ2n) is 9.13. The number of carbonyl (C=O) groups excluding carboxylic acids is 2. The molecule has 43 heavy (non-hydrogen) atoms. The van der Waals surface area contributed by atoms with E-state index in [9.17, 15) is 26.4 Å². The van der Waals surface area contributed by atoms with E-state index < -0.39 is 28.1 Å². The molecule has 0 fully saturated rings. The number of rotatable bonds is 9. The fraction of sp³-hybridized carbons (Fsp3) is 0.207. The number of sulfonamides is 1. The van der Waals surface area contributed by atoms with E-state index in [0.29, 0.717) is 28.3 Å². The number of benzene rings is 3. The molecule has 4 rings (SSSR count). The van der Waals surface area contributed by atoms with Crippen molar-refractivity contribution in [2.75, 3.05) is 18.5 Å². The van der Waals surface area contributed by atoms with Gasteiger partial charge in [-0.05, 0) is 42.5 Å². The summed E-state index contributed by atoms with van der Waals surface area (Å²) in [6, 6.07) is 16.4. The molecular formula is C29H26ClF3N2O7S. The molecule has 228 valence electrons. The molecule has 0 aliphatic carbocycles. The van der Waals surface area contributed by atoms with E-state index in [4.69, 9.17) is 25.7 Å². The van der Waals surface area contributed by atoms with Gasteiger partial charge in [-0.1, -0.05) is 48.8 Å². The van der Waals surface area contributed by atoms with Gasteiger partial charge >= 0.3 is 12.3 Å². The second kappa shape index (κ2) is 14.2. The monoisotopic (exact) mass is 638 g/mol. The third kappa shape index (κ3) is 7.93. The maximum absolute atomic E-state index is 14.5.